The second-order valence-corrected chi connectivity index (χ2v) is 4.51. The molecule has 82 valence electrons. The third kappa shape index (κ3) is 1.54. The molecular formula is C14H14O2. The molecule has 2 aliphatic rings. The van der Waals surface area contributed by atoms with E-state index in [1.54, 1.807) is 0 Å². The van der Waals surface area contributed by atoms with Crippen molar-refractivity contribution in [1.82, 2.24) is 0 Å². The Balaban J connectivity index is 1.79. The molecule has 1 saturated heterocycles. The van der Waals surface area contributed by atoms with Crippen molar-refractivity contribution in [3.05, 3.63) is 48.0 Å². The van der Waals surface area contributed by atoms with Gasteiger partial charge in [0.25, 0.3) is 0 Å². The van der Waals surface area contributed by atoms with Gasteiger partial charge in [0.05, 0.1) is 5.92 Å². The van der Waals surface area contributed by atoms with Gasteiger partial charge in [-0.25, -0.2) is 0 Å². The number of fused-ring (bicyclic) bond motifs is 1. The highest BCUT2D eigenvalue weighted by Gasteiger charge is 2.44. The fourth-order valence-electron chi connectivity index (χ4n) is 2.65. The number of ether oxygens (including phenoxy) is 1. The Morgan fingerprint density at radius 1 is 1.25 bits per heavy atom. The number of carbonyl (C=O) groups excluding carboxylic acids is 1. The first-order valence-electron chi connectivity index (χ1n) is 5.75. The topological polar surface area (TPSA) is 26.3 Å². The summed E-state index contributed by atoms with van der Waals surface area (Å²) in [6.07, 6.45) is 6.07. The van der Waals surface area contributed by atoms with Crippen molar-refractivity contribution in [3.63, 3.8) is 0 Å². The van der Waals surface area contributed by atoms with E-state index in [0.717, 1.165) is 12.8 Å². The van der Waals surface area contributed by atoms with E-state index in [4.69, 9.17) is 4.74 Å². The van der Waals surface area contributed by atoms with Crippen LogP contribution in [0.4, 0.5) is 0 Å². The van der Waals surface area contributed by atoms with Gasteiger partial charge in [-0.05, 0) is 12.0 Å². The maximum atomic E-state index is 11.7. The molecule has 0 bridgehead atoms. The number of hydrogen-bond donors (Lipinski definition) is 0. The van der Waals surface area contributed by atoms with Crippen molar-refractivity contribution in [1.29, 1.82) is 0 Å². The van der Waals surface area contributed by atoms with Gasteiger partial charge in [-0.2, -0.15) is 0 Å². The van der Waals surface area contributed by atoms with Crippen LogP contribution in [0.25, 0.3) is 0 Å². The standard InChI is InChI=1S/C14H14O2/c15-14-12(9-10-5-2-1-3-6-10)11-7-4-8-13(11)16-14/h1-7,11-13H,8-9H2. The molecule has 1 aromatic rings. The summed E-state index contributed by atoms with van der Waals surface area (Å²) < 4.78 is 5.37. The predicted molar refractivity (Wildman–Crippen MR) is 60.8 cm³/mol. The van der Waals surface area contributed by atoms with Crippen LogP contribution in [0.2, 0.25) is 0 Å². The van der Waals surface area contributed by atoms with Gasteiger partial charge in [-0.3, -0.25) is 4.79 Å². The molecule has 1 aliphatic heterocycles. The van der Waals surface area contributed by atoms with E-state index in [2.05, 4.69) is 24.3 Å². The lowest BCUT2D eigenvalue weighted by atomic mass is 9.87. The third-order valence-corrected chi connectivity index (χ3v) is 3.49. The lowest BCUT2D eigenvalue weighted by Crippen LogP contribution is -2.18. The fraction of sp³-hybridized carbons (Fsp3) is 0.357. The van der Waals surface area contributed by atoms with Crippen LogP contribution in [-0.4, -0.2) is 12.1 Å². The first-order chi connectivity index (χ1) is 7.84. The molecule has 3 unspecified atom stereocenters. The van der Waals surface area contributed by atoms with E-state index in [1.807, 2.05) is 18.2 Å². The van der Waals surface area contributed by atoms with E-state index in [9.17, 15) is 4.79 Å². The van der Waals surface area contributed by atoms with Crippen molar-refractivity contribution < 1.29 is 9.53 Å². The Morgan fingerprint density at radius 2 is 2.06 bits per heavy atom. The van der Waals surface area contributed by atoms with E-state index in [1.165, 1.54) is 5.56 Å². The number of esters is 1. The molecule has 1 heterocycles. The molecule has 0 saturated carbocycles. The fourth-order valence-corrected chi connectivity index (χ4v) is 2.65. The molecule has 2 heteroatoms. The highest BCUT2D eigenvalue weighted by molar-refractivity contribution is 5.76. The zero-order chi connectivity index (χ0) is 11.0. The molecule has 3 rings (SSSR count). The normalized spacial score (nSPS) is 31.5. The average Bonchev–Trinajstić information content (AvgIpc) is 2.84. The summed E-state index contributed by atoms with van der Waals surface area (Å²) in [5, 5.41) is 0. The van der Waals surface area contributed by atoms with Gasteiger partial charge in [0.2, 0.25) is 0 Å². The van der Waals surface area contributed by atoms with Crippen LogP contribution in [0.15, 0.2) is 42.5 Å². The summed E-state index contributed by atoms with van der Waals surface area (Å²) in [6.45, 7) is 0. The molecule has 16 heavy (non-hydrogen) atoms. The average molecular weight is 214 g/mol. The van der Waals surface area contributed by atoms with Gasteiger partial charge in [-0.15, -0.1) is 0 Å². The summed E-state index contributed by atoms with van der Waals surface area (Å²) in [7, 11) is 0. The Labute approximate surface area is 94.9 Å². The molecule has 3 atom stereocenters. The van der Waals surface area contributed by atoms with E-state index in [-0.39, 0.29) is 18.0 Å². The van der Waals surface area contributed by atoms with Gasteiger partial charge in [0, 0.05) is 12.3 Å². The quantitative estimate of drug-likeness (QED) is 0.558. The summed E-state index contributed by atoms with van der Waals surface area (Å²) in [4.78, 5) is 11.7. The molecule has 1 aromatic carbocycles. The van der Waals surface area contributed by atoms with Crippen molar-refractivity contribution in [2.75, 3.05) is 0 Å². The molecular weight excluding hydrogens is 200 g/mol. The largest absolute Gasteiger partial charge is 0.461 e. The summed E-state index contributed by atoms with van der Waals surface area (Å²) in [5.41, 5.74) is 1.21. The van der Waals surface area contributed by atoms with Crippen LogP contribution in [-0.2, 0) is 16.0 Å². The van der Waals surface area contributed by atoms with Crippen molar-refractivity contribution in [2.45, 2.75) is 18.9 Å². The summed E-state index contributed by atoms with van der Waals surface area (Å²) >= 11 is 0. The summed E-state index contributed by atoms with van der Waals surface area (Å²) in [5.74, 6) is 0.294. The monoisotopic (exact) mass is 214 g/mol. The molecule has 0 spiro atoms. The molecule has 0 N–H and O–H groups in total. The number of rotatable bonds is 2. The first kappa shape index (κ1) is 9.64. The second-order valence-electron chi connectivity index (χ2n) is 4.51. The predicted octanol–water partition coefficient (Wildman–Crippen LogP) is 2.35. The molecule has 1 fully saturated rings. The van der Waals surface area contributed by atoms with Gasteiger partial charge in [-0.1, -0.05) is 42.5 Å². The maximum Gasteiger partial charge on any atom is 0.310 e. The Bertz CT molecular complexity index is 422. The zero-order valence-electron chi connectivity index (χ0n) is 9.00. The van der Waals surface area contributed by atoms with Gasteiger partial charge < -0.3 is 4.74 Å². The minimum atomic E-state index is -0.0248. The second kappa shape index (κ2) is 3.78. The van der Waals surface area contributed by atoms with Crippen molar-refractivity contribution in [2.24, 2.45) is 11.8 Å². The highest BCUT2D eigenvalue weighted by atomic mass is 16.6. The van der Waals surface area contributed by atoms with E-state index >= 15 is 0 Å². The lowest BCUT2D eigenvalue weighted by molar-refractivity contribution is -0.144. The third-order valence-electron chi connectivity index (χ3n) is 3.49. The molecule has 0 radical (unpaired) electrons. The first-order valence-corrected chi connectivity index (χ1v) is 5.75. The van der Waals surface area contributed by atoms with Crippen LogP contribution in [0.5, 0.6) is 0 Å². The highest BCUT2D eigenvalue weighted by Crippen LogP contribution is 2.37. The molecule has 1 aliphatic carbocycles. The van der Waals surface area contributed by atoms with Crippen LogP contribution in [0.1, 0.15) is 12.0 Å². The van der Waals surface area contributed by atoms with Gasteiger partial charge in [0.15, 0.2) is 0 Å². The Hall–Kier alpha value is -1.57. The Morgan fingerprint density at radius 3 is 2.88 bits per heavy atom. The lowest BCUT2D eigenvalue weighted by Gasteiger charge is -2.11. The van der Waals surface area contributed by atoms with Crippen LogP contribution >= 0.6 is 0 Å². The van der Waals surface area contributed by atoms with Crippen LogP contribution in [0.3, 0.4) is 0 Å². The van der Waals surface area contributed by atoms with E-state index in [0.29, 0.717) is 5.92 Å². The van der Waals surface area contributed by atoms with Gasteiger partial charge >= 0.3 is 5.97 Å². The van der Waals surface area contributed by atoms with Crippen molar-refractivity contribution in [3.8, 4) is 0 Å². The molecule has 2 nitrogen and oxygen atoms in total. The summed E-state index contributed by atoms with van der Waals surface area (Å²) in [6, 6.07) is 10.2. The minimum Gasteiger partial charge on any atom is -0.461 e. The van der Waals surface area contributed by atoms with Crippen LogP contribution < -0.4 is 0 Å². The van der Waals surface area contributed by atoms with E-state index < -0.39 is 0 Å². The number of hydrogen-bond acceptors (Lipinski definition) is 2. The Kier molecular flexibility index (Phi) is 2.28. The molecule has 0 amide bonds. The van der Waals surface area contributed by atoms with Crippen LogP contribution in [0, 0.1) is 11.8 Å². The SMILES string of the molecule is O=C1OC2CC=CC2C1Cc1ccccc1. The molecule has 0 aromatic heterocycles. The number of benzene rings is 1. The zero-order valence-corrected chi connectivity index (χ0v) is 9.00. The maximum absolute atomic E-state index is 11.7. The number of carbonyl (C=O) groups is 1. The van der Waals surface area contributed by atoms with Crippen molar-refractivity contribution >= 4 is 5.97 Å². The minimum absolute atomic E-state index is 0.0196. The van der Waals surface area contributed by atoms with Gasteiger partial charge in [0.1, 0.15) is 6.10 Å². The smallest absolute Gasteiger partial charge is 0.310 e.